The van der Waals surface area contributed by atoms with E-state index >= 15 is 0 Å². The summed E-state index contributed by atoms with van der Waals surface area (Å²) < 4.78 is 0. The molecule has 5 nitrogen and oxygen atoms in total. The second-order valence-electron chi connectivity index (χ2n) is 4.48. The maximum atomic E-state index is 11.9. The molecule has 0 spiro atoms. The first-order valence-corrected chi connectivity index (χ1v) is 7.85. The predicted molar refractivity (Wildman–Crippen MR) is 85.8 cm³/mol. The Morgan fingerprint density at radius 2 is 1.95 bits per heavy atom. The van der Waals surface area contributed by atoms with Crippen LogP contribution < -0.4 is 5.32 Å². The van der Waals surface area contributed by atoms with Gasteiger partial charge in [-0.15, -0.1) is 11.3 Å². The number of thiazole rings is 1. The fraction of sp³-hybridized carbons (Fsp3) is 0.214. The Hall–Kier alpha value is -1.63. The SMILES string of the molecule is Cc1nc(CC(=O)NCc2c(Cl)cccc2Cl)sc1C(=O)O. The maximum absolute atomic E-state index is 11.9. The van der Waals surface area contributed by atoms with Crippen LogP contribution in [0.25, 0.3) is 0 Å². The number of amides is 1. The molecular weight excluding hydrogens is 347 g/mol. The molecule has 1 heterocycles. The zero-order chi connectivity index (χ0) is 16.3. The molecule has 0 aliphatic carbocycles. The molecule has 0 aliphatic heterocycles. The van der Waals surface area contributed by atoms with Crippen molar-refractivity contribution in [3.63, 3.8) is 0 Å². The van der Waals surface area contributed by atoms with Gasteiger partial charge in [-0.25, -0.2) is 9.78 Å². The number of carbonyl (C=O) groups is 2. The van der Waals surface area contributed by atoms with Gasteiger partial charge in [-0.2, -0.15) is 0 Å². The van der Waals surface area contributed by atoms with Crippen LogP contribution in [0, 0.1) is 6.92 Å². The Morgan fingerprint density at radius 1 is 1.32 bits per heavy atom. The number of nitrogens with one attached hydrogen (secondary N) is 1. The summed E-state index contributed by atoms with van der Waals surface area (Å²) >= 11 is 13.0. The van der Waals surface area contributed by atoms with E-state index in [4.69, 9.17) is 28.3 Å². The van der Waals surface area contributed by atoms with Gasteiger partial charge in [0.15, 0.2) is 0 Å². The van der Waals surface area contributed by atoms with E-state index in [2.05, 4.69) is 10.3 Å². The minimum Gasteiger partial charge on any atom is -0.477 e. The molecule has 0 saturated carbocycles. The molecule has 2 rings (SSSR count). The summed E-state index contributed by atoms with van der Waals surface area (Å²) in [6.45, 7) is 1.80. The van der Waals surface area contributed by atoms with Crippen molar-refractivity contribution in [1.29, 1.82) is 0 Å². The molecule has 8 heteroatoms. The average molecular weight is 359 g/mol. The van der Waals surface area contributed by atoms with E-state index in [1.54, 1.807) is 25.1 Å². The van der Waals surface area contributed by atoms with Gasteiger partial charge >= 0.3 is 5.97 Å². The first-order valence-electron chi connectivity index (χ1n) is 6.27. The summed E-state index contributed by atoms with van der Waals surface area (Å²) in [5, 5.41) is 13.1. The van der Waals surface area contributed by atoms with Crippen LogP contribution in [-0.4, -0.2) is 22.0 Å². The number of rotatable bonds is 5. The minimum atomic E-state index is -1.04. The number of hydrogen-bond donors (Lipinski definition) is 2. The van der Waals surface area contributed by atoms with Crippen LogP contribution >= 0.6 is 34.5 Å². The van der Waals surface area contributed by atoms with Gasteiger partial charge < -0.3 is 10.4 Å². The van der Waals surface area contributed by atoms with Gasteiger partial charge in [0, 0.05) is 22.2 Å². The van der Waals surface area contributed by atoms with Crippen LogP contribution in [0.5, 0.6) is 0 Å². The summed E-state index contributed by atoms with van der Waals surface area (Å²) in [7, 11) is 0. The molecule has 1 aromatic carbocycles. The van der Waals surface area contributed by atoms with Crippen LogP contribution in [0.4, 0.5) is 0 Å². The maximum Gasteiger partial charge on any atom is 0.347 e. The van der Waals surface area contributed by atoms with Crippen LogP contribution in [0.2, 0.25) is 10.0 Å². The molecule has 2 N–H and O–H groups in total. The number of hydrogen-bond acceptors (Lipinski definition) is 4. The number of aryl methyl sites for hydroxylation is 1. The molecule has 1 aromatic heterocycles. The predicted octanol–water partition coefficient (Wildman–Crippen LogP) is 3.32. The normalized spacial score (nSPS) is 10.5. The third kappa shape index (κ3) is 3.97. The summed E-state index contributed by atoms with van der Waals surface area (Å²) in [6, 6.07) is 5.11. The molecule has 0 radical (unpaired) electrons. The lowest BCUT2D eigenvalue weighted by Gasteiger charge is -2.08. The molecular formula is C14H12Cl2N2O3S. The highest BCUT2D eigenvalue weighted by molar-refractivity contribution is 7.13. The van der Waals surface area contributed by atoms with Crippen molar-refractivity contribution in [1.82, 2.24) is 10.3 Å². The number of carboxylic acids is 1. The third-order valence-electron chi connectivity index (χ3n) is 2.87. The summed E-state index contributed by atoms with van der Waals surface area (Å²) in [6.07, 6.45) is 0.0147. The Bertz CT molecular complexity index is 711. The Labute approximate surface area is 140 Å². The summed E-state index contributed by atoms with van der Waals surface area (Å²) in [5.41, 5.74) is 1.05. The summed E-state index contributed by atoms with van der Waals surface area (Å²) in [5.74, 6) is -1.31. The number of halogens is 2. The smallest absolute Gasteiger partial charge is 0.347 e. The van der Waals surface area contributed by atoms with Crippen LogP contribution in [0.15, 0.2) is 18.2 Å². The van der Waals surface area contributed by atoms with Gasteiger partial charge in [-0.05, 0) is 19.1 Å². The Kier molecular flexibility index (Phi) is 5.39. The van der Waals surface area contributed by atoms with Gasteiger partial charge in [0.05, 0.1) is 12.1 Å². The highest BCUT2D eigenvalue weighted by atomic mass is 35.5. The van der Waals surface area contributed by atoms with Crippen molar-refractivity contribution in [2.45, 2.75) is 19.9 Å². The monoisotopic (exact) mass is 358 g/mol. The fourth-order valence-electron chi connectivity index (χ4n) is 1.81. The van der Waals surface area contributed by atoms with Gasteiger partial charge in [-0.3, -0.25) is 4.79 Å². The first-order chi connectivity index (χ1) is 10.4. The number of aromatic nitrogens is 1. The van der Waals surface area contributed by atoms with Gasteiger partial charge in [0.2, 0.25) is 5.91 Å². The minimum absolute atomic E-state index is 0.0147. The van der Waals surface area contributed by atoms with Crippen molar-refractivity contribution in [2.75, 3.05) is 0 Å². The number of carboxylic acid groups (broad SMARTS) is 1. The highest BCUT2D eigenvalue weighted by Gasteiger charge is 2.16. The molecule has 116 valence electrons. The molecule has 0 atom stereocenters. The third-order valence-corrected chi connectivity index (χ3v) is 4.72. The lowest BCUT2D eigenvalue weighted by atomic mass is 10.2. The van der Waals surface area contributed by atoms with E-state index in [0.29, 0.717) is 26.3 Å². The van der Waals surface area contributed by atoms with Gasteiger partial charge in [-0.1, -0.05) is 29.3 Å². The Morgan fingerprint density at radius 3 is 2.50 bits per heavy atom. The number of aromatic carboxylic acids is 1. The van der Waals surface area contributed by atoms with Crippen molar-refractivity contribution < 1.29 is 14.7 Å². The molecule has 0 fully saturated rings. The number of carbonyl (C=O) groups excluding carboxylic acids is 1. The molecule has 22 heavy (non-hydrogen) atoms. The summed E-state index contributed by atoms with van der Waals surface area (Å²) in [4.78, 5) is 27.1. The number of benzene rings is 1. The fourth-order valence-corrected chi connectivity index (χ4v) is 3.25. The zero-order valence-electron chi connectivity index (χ0n) is 11.5. The standard InChI is InChI=1S/C14H12Cl2N2O3S/c1-7-13(14(20)21)22-12(18-7)5-11(19)17-6-8-9(15)3-2-4-10(8)16/h2-4H,5-6H2,1H3,(H,17,19)(H,20,21). The molecule has 0 saturated heterocycles. The molecule has 0 aliphatic rings. The van der Waals surface area contributed by atoms with Crippen LogP contribution in [0.3, 0.4) is 0 Å². The molecule has 2 aromatic rings. The quantitative estimate of drug-likeness (QED) is 0.858. The average Bonchev–Trinajstić information content (AvgIpc) is 2.79. The van der Waals surface area contributed by atoms with E-state index in [-0.39, 0.29) is 23.7 Å². The van der Waals surface area contributed by atoms with Crippen LogP contribution in [-0.2, 0) is 17.8 Å². The van der Waals surface area contributed by atoms with Crippen molar-refractivity contribution >= 4 is 46.4 Å². The van der Waals surface area contributed by atoms with E-state index < -0.39 is 5.97 Å². The Balaban J connectivity index is 1.99. The molecule has 0 bridgehead atoms. The zero-order valence-corrected chi connectivity index (χ0v) is 13.8. The lowest BCUT2D eigenvalue weighted by molar-refractivity contribution is -0.120. The van der Waals surface area contributed by atoms with E-state index in [9.17, 15) is 9.59 Å². The van der Waals surface area contributed by atoms with Crippen molar-refractivity contribution in [3.8, 4) is 0 Å². The van der Waals surface area contributed by atoms with E-state index in [1.165, 1.54) is 0 Å². The highest BCUT2D eigenvalue weighted by Crippen LogP contribution is 2.24. The van der Waals surface area contributed by atoms with Crippen molar-refractivity contribution in [3.05, 3.63) is 49.4 Å². The van der Waals surface area contributed by atoms with Gasteiger partial charge in [0.25, 0.3) is 0 Å². The van der Waals surface area contributed by atoms with Crippen LogP contribution in [0.1, 0.15) is 25.9 Å². The second kappa shape index (κ2) is 7.09. The van der Waals surface area contributed by atoms with E-state index in [1.807, 2.05) is 0 Å². The largest absolute Gasteiger partial charge is 0.477 e. The lowest BCUT2D eigenvalue weighted by Crippen LogP contribution is -2.24. The topological polar surface area (TPSA) is 79.3 Å². The van der Waals surface area contributed by atoms with Crippen molar-refractivity contribution in [2.24, 2.45) is 0 Å². The first kappa shape index (κ1) is 16.7. The second-order valence-corrected chi connectivity index (χ2v) is 6.38. The number of nitrogens with zero attached hydrogens (tertiary/aromatic N) is 1. The van der Waals surface area contributed by atoms with Gasteiger partial charge in [0.1, 0.15) is 9.88 Å². The van der Waals surface area contributed by atoms with E-state index in [0.717, 1.165) is 11.3 Å². The molecule has 1 amide bonds. The molecule has 0 unspecified atom stereocenters.